The van der Waals surface area contributed by atoms with Crippen LogP contribution in [0.25, 0.3) is 11.4 Å². The molecule has 1 unspecified atom stereocenters. The fraction of sp³-hybridized carbons (Fsp3) is 0.429. The normalized spacial score (nSPS) is 19.5. The molecule has 2 aromatic rings. The van der Waals surface area contributed by atoms with Crippen LogP contribution in [-0.4, -0.2) is 26.5 Å². The summed E-state index contributed by atoms with van der Waals surface area (Å²) in [7, 11) is 0. The molecule has 1 saturated heterocycles. The summed E-state index contributed by atoms with van der Waals surface area (Å²) in [6, 6.07) is 9.78. The van der Waals surface area contributed by atoms with E-state index in [0.717, 1.165) is 31.4 Å². The highest BCUT2D eigenvalue weighted by Gasteiger charge is 2.21. The third-order valence-corrected chi connectivity index (χ3v) is 3.30. The summed E-state index contributed by atoms with van der Waals surface area (Å²) in [6.07, 6.45) is 3.03. The molecule has 0 amide bonds. The lowest BCUT2D eigenvalue weighted by atomic mass is 10.2. The van der Waals surface area contributed by atoms with E-state index in [1.54, 1.807) is 4.68 Å². The first-order valence-corrected chi connectivity index (χ1v) is 6.62. The van der Waals surface area contributed by atoms with Gasteiger partial charge in [0.1, 0.15) is 6.61 Å². The lowest BCUT2D eigenvalue weighted by Gasteiger charge is -2.23. The van der Waals surface area contributed by atoms with Gasteiger partial charge in [0, 0.05) is 12.2 Å². The molecule has 2 heterocycles. The molecule has 0 bridgehead atoms. The number of aliphatic hydroxyl groups is 1. The van der Waals surface area contributed by atoms with E-state index in [0.29, 0.717) is 11.6 Å². The van der Waals surface area contributed by atoms with E-state index >= 15 is 0 Å². The quantitative estimate of drug-likeness (QED) is 0.917. The van der Waals surface area contributed by atoms with E-state index in [-0.39, 0.29) is 12.8 Å². The van der Waals surface area contributed by atoms with E-state index < -0.39 is 0 Å². The zero-order chi connectivity index (χ0) is 13.1. The monoisotopic (exact) mass is 259 g/mol. The van der Waals surface area contributed by atoms with Crippen LogP contribution < -0.4 is 0 Å². The molecule has 1 fully saturated rings. The zero-order valence-corrected chi connectivity index (χ0v) is 10.7. The highest BCUT2D eigenvalue weighted by molar-refractivity contribution is 5.53. The van der Waals surface area contributed by atoms with Crippen molar-refractivity contribution < 1.29 is 9.84 Å². The van der Waals surface area contributed by atoms with Crippen LogP contribution in [0.4, 0.5) is 0 Å². The Balaban J connectivity index is 1.94. The van der Waals surface area contributed by atoms with Crippen molar-refractivity contribution in [2.75, 3.05) is 6.61 Å². The molecule has 0 aliphatic carbocycles. The van der Waals surface area contributed by atoms with Gasteiger partial charge in [0.05, 0.1) is 0 Å². The molecule has 1 atom stereocenters. The van der Waals surface area contributed by atoms with Crippen LogP contribution in [0, 0.1) is 0 Å². The summed E-state index contributed by atoms with van der Waals surface area (Å²) in [4.78, 5) is 4.40. The minimum absolute atomic E-state index is 0.0964. The van der Waals surface area contributed by atoms with Gasteiger partial charge in [0.2, 0.25) is 0 Å². The zero-order valence-electron chi connectivity index (χ0n) is 10.7. The molecule has 3 rings (SSSR count). The summed E-state index contributed by atoms with van der Waals surface area (Å²) < 4.78 is 7.43. The van der Waals surface area contributed by atoms with Gasteiger partial charge in [-0.25, -0.2) is 9.67 Å². The van der Waals surface area contributed by atoms with Gasteiger partial charge in [-0.1, -0.05) is 30.3 Å². The van der Waals surface area contributed by atoms with Crippen molar-refractivity contribution in [1.29, 1.82) is 0 Å². The molecule has 0 radical (unpaired) electrons. The third-order valence-electron chi connectivity index (χ3n) is 3.30. The number of hydrogen-bond acceptors (Lipinski definition) is 4. The molecule has 0 spiro atoms. The van der Waals surface area contributed by atoms with Gasteiger partial charge in [-0.15, -0.1) is 5.10 Å². The van der Waals surface area contributed by atoms with E-state index in [1.807, 2.05) is 30.3 Å². The lowest BCUT2D eigenvalue weighted by molar-refractivity contribution is -0.0429. The number of aromatic nitrogens is 3. The summed E-state index contributed by atoms with van der Waals surface area (Å²) in [5.74, 6) is 1.20. The Labute approximate surface area is 111 Å². The maximum Gasteiger partial charge on any atom is 0.181 e. The van der Waals surface area contributed by atoms with Gasteiger partial charge in [0.25, 0.3) is 0 Å². The molecule has 1 aromatic heterocycles. The molecule has 1 aliphatic heterocycles. The van der Waals surface area contributed by atoms with E-state index in [9.17, 15) is 5.11 Å². The van der Waals surface area contributed by atoms with Gasteiger partial charge in [-0.2, -0.15) is 0 Å². The van der Waals surface area contributed by atoms with Gasteiger partial charge in [-0.3, -0.25) is 0 Å². The highest BCUT2D eigenvalue weighted by Crippen LogP contribution is 2.25. The average molecular weight is 259 g/mol. The van der Waals surface area contributed by atoms with Crippen molar-refractivity contribution in [2.24, 2.45) is 0 Å². The van der Waals surface area contributed by atoms with Crippen molar-refractivity contribution >= 4 is 0 Å². The van der Waals surface area contributed by atoms with Gasteiger partial charge in [0.15, 0.2) is 17.9 Å². The maximum atomic E-state index is 9.43. The molecule has 5 heteroatoms. The molecule has 5 nitrogen and oxygen atoms in total. The fourth-order valence-electron chi connectivity index (χ4n) is 2.32. The molecule has 1 aromatic carbocycles. The predicted octanol–water partition coefficient (Wildman–Crippen LogP) is 2.14. The third kappa shape index (κ3) is 2.52. The summed E-state index contributed by atoms with van der Waals surface area (Å²) in [6.45, 7) is 0.621. The first-order valence-electron chi connectivity index (χ1n) is 6.62. The Bertz CT molecular complexity index is 533. The number of ether oxygens (including phenoxy) is 1. The SMILES string of the molecule is OCc1nc(-c2ccccc2)nn1C1CCCCO1. The van der Waals surface area contributed by atoms with Crippen molar-refractivity contribution in [3.05, 3.63) is 36.2 Å². The molecule has 0 saturated carbocycles. The Morgan fingerprint density at radius 1 is 1.26 bits per heavy atom. The minimum atomic E-state index is -0.125. The van der Waals surface area contributed by atoms with Crippen LogP contribution in [0.5, 0.6) is 0 Å². The molecular formula is C14H17N3O2. The number of hydrogen-bond donors (Lipinski definition) is 1. The summed E-state index contributed by atoms with van der Waals surface area (Å²) in [5.41, 5.74) is 0.951. The largest absolute Gasteiger partial charge is 0.388 e. The molecule has 19 heavy (non-hydrogen) atoms. The first kappa shape index (κ1) is 12.3. The van der Waals surface area contributed by atoms with Crippen LogP contribution in [0.15, 0.2) is 30.3 Å². The van der Waals surface area contributed by atoms with Crippen molar-refractivity contribution in [3.63, 3.8) is 0 Å². The molecule has 1 N–H and O–H groups in total. The first-order chi connectivity index (χ1) is 9.38. The number of benzene rings is 1. The van der Waals surface area contributed by atoms with Crippen molar-refractivity contribution in [3.8, 4) is 11.4 Å². The van der Waals surface area contributed by atoms with Crippen molar-refractivity contribution in [2.45, 2.75) is 32.1 Å². The standard InChI is InChI=1S/C14H17N3O2/c18-10-12-15-14(11-6-2-1-3-7-11)16-17(12)13-8-4-5-9-19-13/h1-3,6-7,13,18H,4-5,8-10H2. The smallest absolute Gasteiger partial charge is 0.181 e. The highest BCUT2D eigenvalue weighted by atomic mass is 16.5. The second-order valence-corrected chi connectivity index (χ2v) is 4.64. The van der Waals surface area contributed by atoms with Crippen molar-refractivity contribution in [1.82, 2.24) is 14.8 Å². The Kier molecular flexibility index (Phi) is 3.57. The number of rotatable bonds is 3. The topological polar surface area (TPSA) is 60.2 Å². The number of nitrogens with zero attached hydrogens (tertiary/aromatic N) is 3. The fourth-order valence-corrected chi connectivity index (χ4v) is 2.32. The van der Waals surface area contributed by atoms with E-state index in [2.05, 4.69) is 10.1 Å². The van der Waals surface area contributed by atoms with E-state index in [1.165, 1.54) is 0 Å². The predicted molar refractivity (Wildman–Crippen MR) is 70.2 cm³/mol. The Morgan fingerprint density at radius 3 is 2.79 bits per heavy atom. The van der Waals surface area contributed by atoms with Crippen LogP contribution in [0.1, 0.15) is 31.3 Å². The maximum absolute atomic E-state index is 9.43. The second-order valence-electron chi connectivity index (χ2n) is 4.64. The van der Waals surface area contributed by atoms with E-state index in [4.69, 9.17) is 4.74 Å². The minimum Gasteiger partial charge on any atom is -0.388 e. The van der Waals surface area contributed by atoms with Crippen LogP contribution in [0.2, 0.25) is 0 Å². The summed E-state index contributed by atoms with van der Waals surface area (Å²) >= 11 is 0. The Morgan fingerprint density at radius 2 is 2.11 bits per heavy atom. The molecule has 100 valence electrons. The molecule has 1 aliphatic rings. The van der Waals surface area contributed by atoms with Crippen LogP contribution >= 0.6 is 0 Å². The lowest BCUT2D eigenvalue weighted by Crippen LogP contribution is -2.21. The average Bonchev–Trinajstić information content (AvgIpc) is 2.93. The Hall–Kier alpha value is -1.72. The second kappa shape index (κ2) is 5.50. The van der Waals surface area contributed by atoms with Gasteiger partial charge < -0.3 is 9.84 Å². The van der Waals surface area contributed by atoms with Crippen LogP contribution in [0.3, 0.4) is 0 Å². The van der Waals surface area contributed by atoms with Gasteiger partial charge >= 0.3 is 0 Å². The van der Waals surface area contributed by atoms with Crippen LogP contribution in [-0.2, 0) is 11.3 Å². The van der Waals surface area contributed by atoms with Gasteiger partial charge in [-0.05, 0) is 19.3 Å². The molecular weight excluding hydrogens is 242 g/mol. The number of aliphatic hydroxyl groups excluding tert-OH is 1. The summed E-state index contributed by atoms with van der Waals surface area (Å²) in [5, 5.41) is 13.9.